The average molecular weight is 345 g/mol. The second-order valence-corrected chi connectivity index (χ2v) is 5.95. The van der Waals surface area contributed by atoms with Crippen molar-refractivity contribution in [2.45, 2.75) is 6.92 Å². The lowest BCUT2D eigenvalue weighted by Gasteiger charge is -2.17. The number of carbonyl (C=O) groups is 2. The number of amides is 2. The minimum atomic E-state index is -0.283. The Kier molecular flexibility index (Phi) is 5.08. The highest BCUT2D eigenvalue weighted by molar-refractivity contribution is 6.08. The fraction of sp³-hybridized carbons (Fsp3) is 0.0952. The molecule has 1 N–H and O–H groups in total. The van der Waals surface area contributed by atoms with Crippen molar-refractivity contribution in [3.63, 3.8) is 0 Å². The van der Waals surface area contributed by atoms with Crippen LogP contribution >= 0.6 is 0 Å². The molecule has 3 rings (SSSR count). The first-order valence-electron chi connectivity index (χ1n) is 8.22. The molecule has 0 bridgehead atoms. The lowest BCUT2D eigenvalue weighted by molar-refractivity contribution is 0.0988. The van der Waals surface area contributed by atoms with E-state index in [0.717, 1.165) is 11.3 Å². The van der Waals surface area contributed by atoms with Crippen molar-refractivity contribution in [2.75, 3.05) is 17.3 Å². The maximum absolute atomic E-state index is 12.7. The molecule has 2 aromatic carbocycles. The SMILES string of the molecule is Cc1cccc(NC(=O)c2ccnc(C(=O)N(C)c3ccccc3)c2)c1. The molecule has 1 aromatic heterocycles. The largest absolute Gasteiger partial charge is 0.322 e. The lowest BCUT2D eigenvalue weighted by Crippen LogP contribution is -2.27. The number of pyridine rings is 1. The molecule has 0 saturated heterocycles. The predicted molar refractivity (Wildman–Crippen MR) is 103 cm³/mol. The normalized spacial score (nSPS) is 10.2. The summed E-state index contributed by atoms with van der Waals surface area (Å²) < 4.78 is 0. The van der Waals surface area contributed by atoms with Crippen LogP contribution in [0.1, 0.15) is 26.4 Å². The number of hydrogen-bond acceptors (Lipinski definition) is 3. The van der Waals surface area contributed by atoms with E-state index in [1.54, 1.807) is 13.1 Å². The maximum atomic E-state index is 12.7. The number of para-hydroxylation sites is 1. The highest BCUT2D eigenvalue weighted by Gasteiger charge is 2.17. The number of aromatic nitrogens is 1. The number of rotatable bonds is 4. The van der Waals surface area contributed by atoms with E-state index in [1.165, 1.54) is 17.2 Å². The van der Waals surface area contributed by atoms with Crippen molar-refractivity contribution in [2.24, 2.45) is 0 Å². The molecular formula is C21H19N3O2. The van der Waals surface area contributed by atoms with E-state index in [2.05, 4.69) is 10.3 Å². The van der Waals surface area contributed by atoms with Gasteiger partial charge in [0.1, 0.15) is 5.69 Å². The topological polar surface area (TPSA) is 62.3 Å². The third kappa shape index (κ3) is 3.95. The van der Waals surface area contributed by atoms with Crippen LogP contribution in [0.5, 0.6) is 0 Å². The van der Waals surface area contributed by atoms with Crippen LogP contribution in [-0.2, 0) is 0 Å². The molecule has 0 atom stereocenters. The van der Waals surface area contributed by atoms with Gasteiger partial charge in [-0.2, -0.15) is 0 Å². The Morgan fingerprint density at radius 1 is 0.962 bits per heavy atom. The molecule has 26 heavy (non-hydrogen) atoms. The fourth-order valence-corrected chi connectivity index (χ4v) is 2.56. The van der Waals surface area contributed by atoms with Crippen LogP contribution in [0.15, 0.2) is 72.9 Å². The van der Waals surface area contributed by atoms with Crippen molar-refractivity contribution in [3.8, 4) is 0 Å². The molecular weight excluding hydrogens is 326 g/mol. The third-order valence-corrected chi connectivity index (χ3v) is 3.97. The molecule has 130 valence electrons. The smallest absolute Gasteiger partial charge is 0.276 e. The van der Waals surface area contributed by atoms with E-state index >= 15 is 0 Å². The van der Waals surface area contributed by atoms with Gasteiger partial charge in [-0.1, -0.05) is 30.3 Å². The molecule has 5 heteroatoms. The van der Waals surface area contributed by atoms with Gasteiger partial charge in [-0.15, -0.1) is 0 Å². The van der Waals surface area contributed by atoms with Gasteiger partial charge in [0, 0.05) is 30.2 Å². The van der Waals surface area contributed by atoms with Crippen LogP contribution in [0.4, 0.5) is 11.4 Å². The Balaban J connectivity index is 1.79. The summed E-state index contributed by atoms with van der Waals surface area (Å²) in [4.78, 5) is 30.8. The van der Waals surface area contributed by atoms with E-state index in [-0.39, 0.29) is 17.5 Å². The highest BCUT2D eigenvalue weighted by Crippen LogP contribution is 2.16. The molecule has 0 spiro atoms. The van der Waals surface area contributed by atoms with Gasteiger partial charge in [0.2, 0.25) is 0 Å². The van der Waals surface area contributed by atoms with Gasteiger partial charge in [-0.25, -0.2) is 0 Å². The van der Waals surface area contributed by atoms with Crippen molar-refractivity contribution in [1.29, 1.82) is 0 Å². The zero-order valence-corrected chi connectivity index (χ0v) is 14.6. The first kappa shape index (κ1) is 17.4. The number of benzene rings is 2. The van der Waals surface area contributed by atoms with Crippen LogP contribution in [0.2, 0.25) is 0 Å². The molecule has 5 nitrogen and oxygen atoms in total. The summed E-state index contributed by atoms with van der Waals surface area (Å²) in [5.74, 6) is -0.559. The van der Waals surface area contributed by atoms with Gasteiger partial charge in [0.15, 0.2) is 0 Å². The van der Waals surface area contributed by atoms with Gasteiger partial charge >= 0.3 is 0 Å². The van der Waals surface area contributed by atoms with Gasteiger partial charge in [-0.05, 0) is 48.9 Å². The molecule has 0 saturated carbocycles. The van der Waals surface area contributed by atoms with Gasteiger partial charge in [0.25, 0.3) is 11.8 Å². The molecule has 0 fully saturated rings. The van der Waals surface area contributed by atoms with Crippen molar-refractivity contribution in [1.82, 2.24) is 4.98 Å². The molecule has 0 unspecified atom stereocenters. The first-order valence-corrected chi connectivity index (χ1v) is 8.22. The summed E-state index contributed by atoms with van der Waals surface area (Å²) in [5, 5.41) is 2.83. The molecule has 0 aliphatic carbocycles. The highest BCUT2D eigenvalue weighted by atomic mass is 16.2. The van der Waals surface area contributed by atoms with E-state index in [0.29, 0.717) is 11.3 Å². The Morgan fingerprint density at radius 3 is 2.46 bits per heavy atom. The van der Waals surface area contributed by atoms with Crippen LogP contribution < -0.4 is 10.2 Å². The first-order chi connectivity index (χ1) is 12.5. The molecule has 0 aliphatic heterocycles. The Hall–Kier alpha value is -3.47. The summed E-state index contributed by atoms with van der Waals surface area (Å²) in [6.45, 7) is 1.96. The van der Waals surface area contributed by atoms with Gasteiger partial charge in [0.05, 0.1) is 0 Å². The number of nitrogens with one attached hydrogen (secondary N) is 1. The van der Waals surface area contributed by atoms with Crippen molar-refractivity contribution < 1.29 is 9.59 Å². The van der Waals surface area contributed by atoms with E-state index in [4.69, 9.17) is 0 Å². The molecule has 0 aliphatic rings. The Labute approximate surface area is 152 Å². The monoisotopic (exact) mass is 345 g/mol. The van der Waals surface area contributed by atoms with Gasteiger partial charge in [-0.3, -0.25) is 14.6 Å². The molecule has 3 aromatic rings. The van der Waals surface area contributed by atoms with E-state index in [1.807, 2.05) is 61.5 Å². The molecule has 2 amide bonds. The Morgan fingerprint density at radius 2 is 1.73 bits per heavy atom. The zero-order valence-electron chi connectivity index (χ0n) is 14.6. The summed E-state index contributed by atoms with van der Waals surface area (Å²) in [6.07, 6.45) is 1.47. The number of carbonyl (C=O) groups excluding carboxylic acids is 2. The van der Waals surface area contributed by atoms with Crippen molar-refractivity contribution >= 4 is 23.2 Å². The predicted octanol–water partition coefficient (Wildman–Crippen LogP) is 3.92. The number of aryl methyl sites for hydroxylation is 1. The summed E-state index contributed by atoms with van der Waals surface area (Å²) in [5.41, 5.74) is 3.12. The molecule has 1 heterocycles. The summed E-state index contributed by atoms with van der Waals surface area (Å²) in [7, 11) is 1.68. The number of nitrogens with zero attached hydrogens (tertiary/aromatic N) is 2. The average Bonchev–Trinajstić information content (AvgIpc) is 2.67. The number of hydrogen-bond donors (Lipinski definition) is 1. The second kappa shape index (κ2) is 7.61. The van der Waals surface area contributed by atoms with Crippen LogP contribution in [0.3, 0.4) is 0 Å². The van der Waals surface area contributed by atoms with Crippen LogP contribution in [0, 0.1) is 6.92 Å². The summed E-state index contributed by atoms with van der Waals surface area (Å²) >= 11 is 0. The fourth-order valence-electron chi connectivity index (χ4n) is 2.56. The van der Waals surface area contributed by atoms with E-state index < -0.39 is 0 Å². The minimum absolute atomic E-state index is 0.216. The minimum Gasteiger partial charge on any atom is -0.322 e. The lowest BCUT2D eigenvalue weighted by atomic mass is 10.1. The summed E-state index contributed by atoms with van der Waals surface area (Å²) in [6, 6.07) is 19.9. The van der Waals surface area contributed by atoms with Crippen LogP contribution in [0.25, 0.3) is 0 Å². The van der Waals surface area contributed by atoms with Crippen LogP contribution in [-0.4, -0.2) is 23.8 Å². The Bertz CT molecular complexity index is 939. The molecule has 0 radical (unpaired) electrons. The van der Waals surface area contributed by atoms with E-state index in [9.17, 15) is 9.59 Å². The quantitative estimate of drug-likeness (QED) is 0.779. The number of anilines is 2. The van der Waals surface area contributed by atoms with Crippen molar-refractivity contribution in [3.05, 3.63) is 89.7 Å². The standard InChI is InChI=1S/C21H19N3O2/c1-15-7-6-8-17(13-15)23-20(25)16-11-12-22-19(14-16)21(26)24(2)18-9-4-3-5-10-18/h3-14H,1-2H3,(H,23,25). The maximum Gasteiger partial charge on any atom is 0.276 e. The zero-order chi connectivity index (χ0) is 18.5. The third-order valence-electron chi connectivity index (χ3n) is 3.97. The second-order valence-electron chi connectivity index (χ2n) is 5.95. The van der Waals surface area contributed by atoms with Gasteiger partial charge < -0.3 is 10.2 Å².